The number of nitrogens with two attached hydrogens (primary N) is 1. The van der Waals surface area contributed by atoms with Crippen LogP contribution >= 0.6 is 0 Å². The number of aromatic amines is 1. The molecule has 5 heteroatoms. The van der Waals surface area contributed by atoms with E-state index in [2.05, 4.69) is 34.8 Å². The van der Waals surface area contributed by atoms with Gasteiger partial charge in [0.05, 0.1) is 11.3 Å². The van der Waals surface area contributed by atoms with Crippen LogP contribution in [0.2, 0.25) is 0 Å². The molecule has 0 amide bonds. The van der Waals surface area contributed by atoms with Gasteiger partial charge < -0.3 is 5.73 Å². The van der Waals surface area contributed by atoms with Gasteiger partial charge in [-0.25, -0.2) is 4.98 Å². The first kappa shape index (κ1) is 14.0. The minimum absolute atomic E-state index is 0.0751. The number of fused-ring (bicyclic) bond motifs is 2. The molecule has 2 heterocycles. The van der Waals surface area contributed by atoms with E-state index in [4.69, 9.17) is 5.73 Å². The van der Waals surface area contributed by atoms with Crippen LogP contribution in [0.1, 0.15) is 37.9 Å². The normalized spacial score (nSPS) is 29.5. The number of allylic oxidation sites excluding steroid dienone is 1. The lowest BCUT2D eigenvalue weighted by atomic mass is 9.49. The van der Waals surface area contributed by atoms with Crippen LogP contribution < -0.4 is 11.3 Å². The number of anilines is 1. The van der Waals surface area contributed by atoms with Crippen molar-refractivity contribution in [2.75, 3.05) is 18.8 Å². The summed E-state index contributed by atoms with van der Waals surface area (Å²) in [6.45, 7) is 7.44. The maximum Gasteiger partial charge on any atom is 0.257 e. The molecule has 118 valence electrons. The SMILES string of the molecule is CC1(C)C2CC=C(CN3CCc4nc(N)[nH]c(=O)c4C3)C1C2. The smallest absolute Gasteiger partial charge is 0.257 e. The van der Waals surface area contributed by atoms with Crippen molar-refractivity contribution >= 4 is 5.95 Å². The van der Waals surface area contributed by atoms with Crippen molar-refractivity contribution in [3.8, 4) is 0 Å². The van der Waals surface area contributed by atoms with Gasteiger partial charge in [-0.1, -0.05) is 25.5 Å². The first-order chi connectivity index (χ1) is 10.4. The minimum atomic E-state index is -0.0751. The molecule has 5 nitrogen and oxygen atoms in total. The van der Waals surface area contributed by atoms with Crippen molar-refractivity contribution in [3.05, 3.63) is 33.3 Å². The van der Waals surface area contributed by atoms with Gasteiger partial charge in [0.25, 0.3) is 5.56 Å². The zero-order valence-corrected chi connectivity index (χ0v) is 13.4. The zero-order chi connectivity index (χ0) is 15.5. The fraction of sp³-hybridized carbons (Fsp3) is 0.647. The largest absolute Gasteiger partial charge is 0.369 e. The van der Waals surface area contributed by atoms with Crippen LogP contribution in [0.3, 0.4) is 0 Å². The second-order valence-corrected chi connectivity index (χ2v) is 7.66. The van der Waals surface area contributed by atoms with Crippen molar-refractivity contribution in [2.45, 2.75) is 39.7 Å². The van der Waals surface area contributed by atoms with Gasteiger partial charge in [-0.05, 0) is 30.1 Å². The summed E-state index contributed by atoms with van der Waals surface area (Å²) in [4.78, 5) is 21.4. The molecule has 2 unspecified atom stereocenters. The summed E-state index contributed by atoms with van der Waals surface area (Å²) >= 11 is 0. The Morgan fingerprint density at radius 2 is 2.32 bits per heavy atom. The number of H-pyrrole nitrogens is 1. The number of hydrogen-bond acceptors (Lipinski definition) is 4. The Balaban J connectivity index is 1.52. The highest BCUT2D eigenvalue weighted by Gasteiger charge is 2.51. The molecule has 0 spiro atoms. The van der Waals surface area contributed by atoms with Crippen molar-refractivity contribution in [3.63, 3.8) is 0 Å². The molecule has 3 aliphatic carbocycles. The fourth-order valence-electron chi connectivity index (χ4n) is 4.55. The van der Waals surface area contributed by atoms with E-state index >= 15 is 0 Å². The number of nitrogens with one attached hydrogen (secondary N) is 1. The number of hydrogen-bond donors (Lipinski definition) is 2. The highest BCUT2D eigenvalue weighted by Crippen LogP contribution is 2.59. The van der Waals surface area contributed by atoms with Crippen molar-refractivity contribution in [1.29, 1.82) is 0 Å². The third-order valence-corrected chi connectivity index (χ3v) is 6.15. The highest BCUT2D eigenvalue weighted by molar-refractivity contribution is 5.29. The number of rotatable bonds is 2. The van der Waals surface area contributed by atoms with Crippen LogP contribution in [0, 0.1) is 17.3 Å². The third-order valence-electron chi connectivity index (χ3n) is 6.15. The lowest BCUT2D eigenvalue weighted by Gasteiger charge is -2.57. The van der Waals surface area contributed by atoms with E-state index in [0.717, 1.165) is 42.6 Å². The van der Waals surface area contributed by atoms with E-state index < -0.39 is 0 Å². The van der Waals surface area contributed by atoms with Gasteiger partial charge in [-0.15, -0.1) is 0 Å². The molecular weight excluding hydrogens is 276 g/mol. The van der Waals surface area contributed by atoms with Crippen LogP contribution in [0.15, 0.2) is 16.4 Å². The minimum Gasteiger partial charge on any atom is -0.369 e. The molecule has 5 rings (SSSR count). The summed E-state index contributed by atoms with van der Waals surface area (Å²) < 4.78 is 0. The quantitative estimate of drug-likeness (QED) is 0.815. The Bertz CT molecular complexity index is 703. The number of nitrogen functional groups attached to an aromatic ring is 1. The molecule has 1 aromatic heterocycles. The standard InChI is InChI=1S/C17H24N4O/c1-17(2)11-4-3-10(13(17)7-11)8-21-6-5-14-12(9-21)15(22)20-16(18)19-14/h3,11,13H,4-9H2,1-2H3,(H3,18,19,20,22). The van der Waals surface area contributed by atoms with E-state index in [1.165, 1.54) is 12.8 Å². The summed E-state index contributed by atoms with van der Waals surface area (Å²) in [5, 5.41) is 0. The Morgan fingerprint density at radius 1 is 1.50 bits per heavy atom. The molecule has 1 fully saturated rings. The molecule has 0 aromatic carbocycles. The monoisotopic (exact) mass is 300 g/mol. The first-order valence-electron chi connectivity index (χ1n) is 8.24. The molecular formula is C17H24N4O. The summed E-state index contributed by atoms with van der Waals surface area (Å²) in [6.07, 6.45) is 5.84. The summed E-state index contributed by atoms with van der Waals surface area (Å²) in [5.41, 5.74) is 9.27. The molecule has 1 saturated carbocycles. The summed E-state index contributed by atoms with van der Waals surface area (Å²) in [6, 6.07) is 0. The molecule has 0 saturated heterocycles. The van der Waals surface area contributed by atoms with E-state index in [9.17, 15) is 4.79 Å². The summed E-state index contributed by atoms with van der Waals surface area (Å²) in [5.74, 6) is 1.84. The lowest BCUT2D eigenvalue weighted by Crippen LogP contribution is -2.50. The molecule has 1 aromatic rings. The van der Waals surface area contributed by atoms with Crippen molar-refractivity contribution in [2.24, 2.45) is 17.3 Å². The van der Waals surface area contributed by atoms with Gasteiger partial charge >= 0.3 is 0 Å². The van der Waals surface area contributed by atoms with Crippen LogP contribution in [0.25, 0.3) is 0 Å². The van der Waals surface area contributed by atoms with E-state index in [1.54, 1.807) is 5.57 Å². The highest BCUT2D eigenvalue weighted by atomic mass is 16.1. The van der Waals surface area contributed by atoms with Gasteiger partial charge in [0.1, 0.15) is 0 Å². The maximum absolute atomic E-state index is 12.1. The van der Waals surface area contributed by atoms with Crippen LogP contribution in [0.5, 0.6) is 0 Å². The second kappa shape index (κ2) is 4.69. The topological polar surface area (TPSA) is 75.0 Å². The zero-order valence-electron chi connectivity index (χ0n) is 13.4. The van der Waals surface area contributed by atoms with Crippen molar-refractivity contribution < 1.29 is 0 Å². The van der Waals surface area contributed by atoms with Gasteiger partial charge in [0.2, 0.25) is 5.95 Å². The van der Waals surface area contributed by atoms with E-state index in [1.807, 2.05) is 0 Å². The predicted octanol–water partition coefficient (Wildman–Crippen LogP) is 1.70. The Kier molecular flexibility index (Phi) is 2.98. The van der Waals surface area contributed by atoms with E-state index in [-0.39, 0.29) is 11.5 Å². The fourth-order valence-corrected chi connectivity index (χ4v) is 4.55. The van der Waals surface area contributed by atoms with Crippen LogP contribution in [0.4, 0.5) is 5.95 Å². The van der Waals surface area contributed by atoms with Gasteiger partial charge in [0.15, 0.2) is 0 Å². The first-order valence-corrected chi connectivity index (χ1v) is 8.24. The second-order valence-electron chi connectivity index (χ2n) is 7.66. The lowest BCUT2D eigenvalue weighted by molar-refractivity contribution is -0.0110. The molecule has 3 N–H and O–H groups in total. The Hall–Kier alpha value is -1.62. The van der Waals surface area contributed by atoms with Crippen LogP contribution in [-0.4, -0.2) is 28.0 Å². The molecule has 0 radical (unpaired) electrons. The molecule has 4 aliphatic rings. The third kappa shape index (κ3) is 2.02. The predicted molar refractivity (Wildman–Crippen MR) is 86.3 cm³/mol. The average Bonchev–Trinajstić information content (AvgIpc) is 2.48. The van der Waals surface area contributed by atoms with E-state index in [0.29, 0.717) is 12.0 Å². The summed E-state index contributed by atoms with van der Waals surface area (Å²) in [7, 11) is 0. The van der Waals surface area contributed by atoms with Gasteiger partial charge in [-0.2, -0.15) is 0 Å². The maximum atomic E-state index is 12.1. The molecule has 1 aliphatic heterocycles. The Morgan fingerprint density at radius 3 is 3.05 bits per heavy atom. The van der Waals surface area contributed by atoms with Crippen LogP contribution in [-0.2, 0) is 13.0 Å². The molecule has 2 atom stereocenters. The molecule has 2 bridgehead atoms. The molecule has 22 heavy (non-hydrogen) atoms. The van der Waals surface area contributed by atoms with Gasteiger partial charge in [-0.3, -0.25) is 14.7 Å². The number of aromatic nitrogens is 2. The Labute approximate surface area is 130 Å². The number of nitrogens with zero attached hydrogens (tertiary/aromatic N) is 2. The van der Waals surface area contributed by atoms with Gasteiger partial charge in [0, 0.05) is 26.1 Å². The van der Waals surface area contributed by atoms with Crippen molar-refractivity contribution in [1.82, 2.24) is 14.9 Å². The average molecular weight is 300 g/mol.